The van der Waals surface area contributed by atoms with Gasteiger partial charge in [0.15, 0.2) is 0 Å². The van der Waals surface area contributed by atoms with E-state index in [1.165, 1.54) is 42.6 Å². The molecule has 1 aromatic rings. The number of nitrogens with one attached hydrogen (secondary N) is 1. The van der Waals surface area contributed by atoms with Gasteiger partial charge in [-0.15, -0.1) is 0 Å². The van der Waals surface area contributed by atoms with Gasteiger partial charge in [0.1, 0.15) is 0 Å². The van der Waals surface area contributed by atoms with Crippen molar-refractivity contribution in [3.05, 3.63) is 17.0 Å². The van der Waals surface area contributed by atoms with E-state index in [1.807, 2.05) is 0 Å². The quantitative estimate of drug-likeness (QED) is 0.832. The first-order valence-corrected chi connectivity index (χ1v) is 8.24. The largest absolute Gasteiger partial charge is 0.376 e. The van der Waals surface area contributed by atoms with Crippen molar-refractivity contribution < 1.29 is 4.74 Å². The van der Waals surface area contributed by atoms with Crippen LogP contribution in [0.4, 0.5) is 0 Å². The third-order valence-electron chi connectivity index (χ3n) is 4.46. The summed E-state index contributed by atoms with van der Waals surface area (Å²) in [5, 5.41) is 8.50. The lowest BCUT2D eigenvalue weighted by molar-refractivity contribution is 0.0931. The minimum Gasteiger partial charge on any atom is -0.376 e. The third kappa shape index (κ3) is 3.07. The van der Waals surface area contributed by atoms with Gasteiger partial charge in [0.25, 0.3) is 0 Å². The van der Waals surface area contributed by atoms with Crippen molar-refractivity contribution in [1.82, 2.24) is 15.1 Å². The van der Waals surface area contributed by atoms with Crippen LogP contribution in [0.2, 0.25) is 0 Å². The number of aromatic nitrogens is 2. The zero-order chi connectivity index (χ0) is 13.9. The first kappa shape index (κ1) is 14.1. The number of ether oxygens (including phenoxy) is 1. The molecular formula is C16H27N3O. The van der Waals surface area contributed by atoms with Gasteiger partial charge in [-0.05, 0) is 38.5 Å². The van der Waals surface area contributed by atoms with E-state index in [0.29, 0.717) is 6.10 Å². The number of hydrogen-bond donors (Lipinski definition) is 1. The Morgan fingerprint density at radius 1 is 1.25 bits per heavy atom. The van der Waals surface area contributed by atoms with Crippen LogP contribution in [0, 0.1) is 0 Å². The molecule has 1 saturated heterocycles. The third-order valence-corrected chi connectivity index (χ3v) is 4.46. The number of nitrogens with zero attached hydrogens (tertiary/aromatic N) is 2. The molecule has 3 rings (SSSR count). The van der Waals surface area contributed by atoms with Gasteiger partial charge in [0.05, 0.1) is 18.3 Å². The number of rotatable bonds is 7. The summed E-state index contributed by atoms with van der Waals surface area (Å²) >= 11 is 0. The standard InChI is InChI=1S/C16H27N3O/c1-3-15-14(10-17-12-7-8-12)16(4-2)19(18-15)11-13-6-5-9-20-13/h12-13,17H,3-11H2,1-2H3. The Labute approximate surface area is 121 Å². The van der Waals surface area contributed by atoms with Crippen molar-refractivity contribution in [3.8, 4) is 0 Å². The van der Waals surface area contributed by atoms with Gasteiger partial charge in [-0.3, -0.25) is 4.68 Å². The van der Waals surface area contributed by atoms with Crippen molar-refractivity contribution in [1.29, 1.82) is 0 Å². The van der Waals surface area contributed by atoms with Gasteiger partial charge in [-0.25, -0.2) is 0 Å². The fraction of sp³-hybridized carbons (Fsp3) is 0.812. The molecule has 0 radical (unpaired) electrons. The lowest BCUT2D eigenvalue weighted by Crippen LogP contribution is -2.19. The molecule has 4 nitrogen and oxygen atoms in total. The van der Waals surface area contributed by atoms with Gasteiger partial charge in [0, 0.05) is 30.5 Å². The molecule has 20 heavy (non-hydrogen) atoms. The van der Waals surface area contributed by atoms with Crippen molar-refractivity contribution in [3.63, 3.8) is 0 Å². The van der Waals surface area contributed by atoms with E-state index in [1.54, 1.807) is 0 Å². The molecule has 4 heteroatoms. The van der Waals surface area contributed by atoms with Crippen LogP contribution >= 0.6 is 0 Å². The Bertz CT molecular complexity index is 445. The first-order valence-electron chi connectivity index (χ1n) is 8.24. The molecule has 0 bridgehead atoms. The van der Waals surface area contributed by atoms with E-state index >= 15 is 0 Å². The van der Waals surface area contributed by atoms with Crippen LogP contribution < -0.4 is 5.32 Å². The summed E-state index contributed by atoms with van der Waals surface area (Å²) < 4.78 is 7.99. The highest BCUT2D eigenvalue weighted by molar-refractivity contribution is 5.27. The predicted octanol–water partition coefficient (Wildman–Crippen LogP) is 2.44. The second-order valence-electron chi connectivity index (χ2n) is 6.05. The molecule has 1 aliphatic carbocycles. The molecule has 1 aliphatic heterocycles. The summed E-state index contributed by atoms with van der Waals surface area (Å²) in [4.78, 5) is 0. The molecule has 0 aromatic carbocycles. The highest BCUT2D eigenvalue weighted by Gasteiger charge is 2.24. The van der Waals surface area contributed by atoms with E-state index in [4.69, 9.17) is 9.84 Å². The zero-order valence-corrected chi connectivity index (χ0v) is 12.8. The van der Waals surface area contributed by atoms with E-state index in [9.17, 15) is 0 Å². The second kappa shape index (κ2) is 6.27. The lowest BCUT2D eigenvalue weighted by atomic mass is 10.1. The van der Waals surface area contributed by atoms with Crippen molar-refractivity contribution >= 4 is 0 Å². The van der Waals surface area contributed by atoms with Crippen LogP contribution in [-0.4, -0.2) is 28.5 Å². The van der Waals surface area contributed by atoms with Gasteiger partial charge in [-0.1, -0.05) is 13.8 Å². The topological polar surface area (TPSA) is 39.1 Å². The van der Waals surface area contributed by atoms with Crippen molar-refractivity contribution in [2.24, 2.45) is 0 Å². The van der Waals surface area contributed by atoms with Gasteiger partial charge >= 0.3 is 0 Å². The van der Waals surface area contributed by atoms with Crippen LogP contribution in [0.3, 0.4) is 0 Å². The van der Waals surface area contributed by atoms with E-state index in [0.717, 1.165) is 38.6 Å². The summed E-state index contributed by atoms with van der Waals surface area (Å²) in [5.41, 5.74) is 4.12. The SMILES string of the molecule is CCc1nn(CC2CCCO2)c(CC)c1CNC1CC1. The Kier molecular flexibility index (Phi) is 4.41. The zero-order valence-electron chi connectivity index (χ0n) is 12.8. The van der Waals surface area contributed by atoms with Crippen LogP contribution in [-0.2, 0) is 30.7 Å². The average molecular weight is 277 g/mol. The molecule has 0 amide bonds. The maximum atomic E-state index is 5.77. The molecule has 2 fully saturated rings. The predicted molar refractivity (Wildman–Crippen MR) is 79.8 cm³/mol. The van der Waals surface area contributed by atoms with Crippen LogP contribution in [0.15, 0.2) is 0 Å². The fourth-order valence-corrected chi connectivity index (χ4v) is 3.14. The minimum absolute atomic E-state index is 0.370. The Hall–Kier alpha value is -0.870. The smallest absolute Gasteiger partial charge is 0.0771 e. The molecule has 2 aliphatic rings. The molecule has 0 spiro atoms. The van der Waals surface area contributed by atoms with Crippen LogP contribution in [0.5, 0.6) is 0 Å². The molecule has 1 atom stereocenters. The molecule has 2 heterocycles. The highest BCUT2D eigenvalue weighted by atomic mass is 16.5. The minimum atomic E-state index is 0.370. The van der Waals surface area contributed by atoms with E-state index < -0.39 is 0 Å². The van der Waals surface area contributed by atoms with Crippen LogP contribution in [0.25, 0.3) is 0 Å². The van der Waals surface area contributed by atoms with Crippen molar-refractivity contribution in [2.75, 3.05) is 6.61 Å². The highest BCUT2D eigenvalue weighted by Crippen LogP contribution is 2.23. The first-order chi connectivity index (χ1) is 9.81. The Morgan fingerprint density at radius 3 is 2.70 bits per heavy atom. The van der Waals surface area contributed by atoms with Crippen LogP contribution in [0.1, 0.15) is 56.5 Å². The summed E-state index contributed by atoms with van der Waals surface area (Å²) in [6, 6.07) is 0.755. The molecule has 1 unspecified atom stereocenters. The monoisotopic (exact) mass is 277 g/mol. The number of hydrogen-bond acceptors (Lipinski definition) is 3. The normalized spacial score (nSPS) is 22.6. The van der Waals surface area contributed by atoms with E-state index in [2.05, 4.69) is 23.8 Å². The maximum absolute atomic E-state index is 5.77. The van der Waals surface area contributed by atoms with E-state index in [-0.39, 0.29) is 0 Å². The lowest BCUT2D eigenvalue weighted by Gasteiger charge is -2.12. The molecular weight excluding hydrogens is 250 g/mol. The fourth-order valence-electron chi connectivity index (χ4n) is 3.14. The summed E-state index contributed by atoms with van der Waals surface area (Å²) in [6.45, 7) is 7.29. The van der Waals surface area contributed by atoms with Gasteiger partial charge in [0.2, 0.25) is 0 Å². The average Bonchev–Trinajstić information content (AvgIpc) is 3.03. The molecule has 1 saturated carbocycles. The Balaban J connectivity index is 1.76. The molecule has 1 N–H and O–H groups in total. The summed E-state index contributed by atoms with van der Waals surface area (Å²) in [5.74, 6) is 0. The Morgan fingerprint density at radius 2 is 2.10 bits per heavy atom. The summed E-state index contributed by atoms with van der Waals surface area (Å²) in [6.07, 6.45) is 7.51. The molecule has 1 aromatic heterocycles. The number of aryl methyl sites for hydroxylation is 1. The summed E-state index contributed by atoms with van der Waals surface area (Å²) in [7, 11) is 0. The molecule has 112 valence electrons. The van der Waals surface area contributed by atoms with Gasteiger partial charge < -0.3 is 10.1 Å². The van der Waals surface area contributed by atoms with Crippen molar-refractivity contribution in [2.45, 2.75) is 77.6 Å². The second-order valence-corrected chi connectivity index (χ2v) is 6.05. The maximum Gasteiger partial charge on any atom is 0.0771 e. The van der Waals surface area contributed by atoms with Gasteiger partial charge in [-0.2, -0.15) is 5.10 Å².